The molecule has 0 bridgehead atoms. The van der Waals surface area contributed by atoms with Gasteiger partial charge in [-0.05, 0) is 18.2 Å². The van der Waals surface area contributed by atoms with Gasteiger partial charge in [-0.15, -0.1) is 0 Å². The zero-order chi connectivity index (χ0) is 17.5. The molecule has 2 aromatic carbocycles. The first kappa shape index (κ1) is 16.7. The zero-order valence-corrected chi connectivity index (χ0v) is 13.5. The lowest BCUT2D eigenvalue weighted by Gasteiger charge is -2.10. The zero-order valence-electron chi connectivity index (χ0n) is 13.5. The van der Waals surface area contributed by atoms with E-state index >= 15 is 0 Å². The van der Waals surface area contributed by atoms with Crippen LogP contribution in [0.3, 0.4) is 0 Å². The minimum Gasteiger partial charge on any atom is -0.491 e. The van der Waals surface area contributed by atoms with E-state index in [1.807, 2.05) is 48.5 Å². The van der Waals surface area contributed by atoms with Crippen molar-refractivity contribution in [2.75, 3.05) is 13.2 Å². The fraction of sp³-hybridized carbons (Fsp3) is 0.158. The number of hydrogen-bond donors (Lipinski definition) is 2. The quantitative estimate of drug-likeness (QED) is 0.692. The van der Waals surface area contributed by atoms with Crippen molar-refractivity contribution < 1.29 is 19.1 Å². The number of nitrogens with one attached hydrogen (secondary N) is 1. The SMILES string of the molecule is O=C(NCc1ccccc1OCCO)c1coc(-c2ccccc2)n1. The van der Waals surface area contributed by atoms with Gasteiger partial charge in [-0.1, -0.05) is 36.4 Å². The second kappa shape index (κ2) is 8.12. The van der Waals surface area contributed by atoms with Gasteiger partial charge in [0.05, 0.1) is 6.61 Å². The summed E-state index contributed by atoms with van der Waals surface area (Å²) in [5, 5.41) is 11.7. The van der Waals surface area contributed by atoms with Gasteiger partial charge in [-0.25, -0.2) is 4.98 Å². The van der Waals surface area contributed by atoms with Crippen LogP contribution in [0.1, 0.15) is 16.1 Å². The van der Waals surface area contributed by atoms with Crippen LogP contribution in [0, 0.1) is 0 Å². The van der Waals surface area contributed by atoms with Crippen molar-refractivity contribution in [1.29, 1.82) is 0 Å². The highest BCUT2D eigenvalue weighted by atomic mass is 16.5. The van der Waals surface area contributed by atoms with E-state index in [1.54, 1.807) is 6.07 Å². The normalized spacial score (nSPS) is 10.4. The van der Waals surface area contributed by atoms with Gasteiger partial charge in [0.1, 0.15) is 18.6 Å². The maximum Gasteiger partial charge on any atom is 0.273 e. The molecule has 0 aliphatic heterocycles. The maximum absolute atomic E-state index is 12.3. The average molecular weight is 338 g/mol. The van der Waals surface area contributed by atoms with Crippen LogP contribution in [0.2, 0.25) is 0 Å². The summed E-state index contributed by atoms with van der Waals surface area (Å²) in [6.07, 6.45) is 1.34. The number of rotatable bonds is 7. The number of ether oxygens (including phenoxy) is 1. The molecule has 0 fully saturated rings. The highest BCUT2D eigenvalue weighted by Crippen LogP contribution is 2.19. The summed E-state index contributed by atoms with van der Waals surface area (Å²) in [6.45, 7) is 0.421. The Bertz CT molecular complexity index is 830. The molecule has 0 aliphatic rings. The third kappa shape index (κ3) is 4.24. The molecular formula is C19H18N2O4. The highest BCUT2D eigenvalue weighted by Gasteiger charge is 2.14. The number of aliphatic hydroxyl groups is 1. The van der Waals surface area contributed by atoms with Crippen molar-refractivity contribution in [3.05, 3.63) is 72.1 Å². The second-order valence-corrected chi connectivity index (χ2v) is 5.27. The van der Waals surface area contributed by atoms with Crippen molar-refractivity contribution in [3.8, 4) is 17.2 Å². The van der Waals surface area contributed by atoms with E-state index in [-0.39, 0.29) is 31.4 Å². The molecule has 0 spiro atoms. The number of benzene rings is 2. The van der Waals surface area contributed by atoms with E-state index in [1.165, 1.54) is 6.26 Å². The van der Waals surface area contributed by atoms with Gasteiger partial charge < -0.3 is 19.6 Å². The van der Waals surface area contributed by atoms with Gasteiger partial charge >= 0.3 is 0 Å². The Morgan fingerprint density at radius 2 is 1.88 bits per heavy atom. The van der Waals surface area contributed by atoms with Crippen LogP contribution in [0.15, 0.2) is 65.3 Å². The molecule has 6 nitrogen and oxygen atoms in total. The van der Waals surface area contributed by atoms with Crippen LogP contribution < -0.4 is 10.1 Å². The highest BCUT2D eigenvalue weighted by molar-refractivity contribution is 5.92. The number of amides is 1. The standard InChI is InChI=1S/C19H18N2O4/c22-10-11-24-17-9-5-4-8-15(17)12-20-18(23)16-13-25-19(21-16)14-6-2-1-3-7-14/h1-9,13,22H,10-12H2,(H,20,23). The second-order valence-electron chi connectivity index (χ2n) is 5.27. The summed E-state index contributed by atoms with van der Waals surface area (Å²) in [5.74, 6) is 0.697. The van der Waals surface area contributed by atoms with E-state index < -0.39 is 0 Å². The Balaban J connectivity index is 1.65. The van der Waals surface area contributed by atoms with E-state index in [0.717, 1.165) is 11.1 Å². The Hall–Kier alpha value is -3.12. The van der Waals surface area contributed by atoms with E-state index in [0.29, 0.717) is 11.6 Å². The number of oxazole rings is 1. The van der Waals surface area contributed by atoms with Gasteiger partial charge in [-0.3, -0.25) is 4.79 Å². The molecule has 1 aromatic heterocycles. The van der Waals surface area contributed by atoms with Gasteiger partial charge in [0, 0.05) is 17.7 Å². The Morgan fingerprint density at radius 3 is 2.68 bits per heavy atom. The molecule has 2 N–H and O–H groups in total. The predicted molar refractivity (Wildman–Crippen MR) is 92.1 cm³/mol. The summed E-state index contributed by atoms with van der Waals surface area (Å²) in [7, 11) is 0. The summed E-state index contributed by atoms with van der Waals surface area (Å²) >= 11 is 0. The molecule has 0 radical (unpaired) electrons. The fourth-order valence-electron chi connectivity index (χ4n) is 2.30. The number of aliphatic hydroxyl groups excluding tert-OH is 1. The Morgan fingerprint density at radius 1 is 1.12 bits per heavy atom. The van der Waals surface area contributed by atoms with Crippen molar-refractivity contribution in [2.45, 2.75) is 6.54 Å². The summed E-state index contributed by atoms with van der Waals surface area (Å²) in [4.78, 5) is 16.5. The lowest BCUT2D eigenvalue weighted by Crippen LogP contribution is -2.23. The summed E-state index contributed by atoms with van der Waals surface area (Å²) in [5.41, 5.74) is 1.84. The van der Waals surface area contributed by atoms with Gasteiger partial charge in [0.25, 0.3) is 5.91 Å². The number of hydrogen-bond acceptors (Lipinski definition) is 5. The minimum atomic E-state index is -0.331. The van der Waals surface area contributed by atoms with Crippen LogP contribution in [-0.2, 0) is 6.54 Å². The van der Waals surface area contributed by atoms with Crippen molar-refractivity contribution in [3.63, 3.8) is 0 Å². The van der Waals surface area contributed by atoms with E-state index in [9.17, 15) is 4.79 Å². The van der Waals surface area contributed by atoms with Gasteiger partial charge in [-0.2, -0.15) is 0 Å². The van der Waals surface area contributed by atoms with Crippen molar-refractivity contribution in [2.24, 2.45) is 0 Å². The van der Waals surface area contributed by atoms with E-state index in [4.69, 9.17) is 14.3 Å². The monoisotopic (exact) mass is 338 g/mol. The van der Waals surface area contributed by atoms with Crippen LogP contribution in [0.5, 0.6) is 5.75 Å². The maximum atomic E-state index is 12.3. The van der Waals surface area contributed by atoms with Crippen molar-refractivity contribution >= 4 is 5.91 Å². The fourth-order valence-corrected chi connectivity index (χ4v) is 2.30. The number of para-hydroxylation sites is 1. The lowest BCUT2D eigenvalue weighted by atomic mass is 10.2. The molecule has 0 saturated carbocycles. The molecule has 0 atom stereocenters. The first-order valence-electron chi connectivity index (χ1n) is 7.88. The summed E-state index contributed by atoms with van der Waals surface area (Å²) in [6, 6.07) is 16.7. The molecule has 0 saturated heterocycles. The third-order valence-electron chi connectivity index (χ3n) is 3.52. The molecule has 3 aromatic rings. The van der Waals surface area contributed by atoms with E-state index in [2.05, 4.69) is 10.3 Å². The molecule has 1 heterocycles. The number of aromatic nitrogens is 1. The molecule has 0 aliphatic carbocycles. The van der Waals surface area contributed by atoms with Crippen LogP contribution >= 0.6 is 0 Å². The number of nitrogens with zero attached hydrogens (tertiary/aromatic N) is 1. The number of carbonyl (C=O) groups excluding carboxylic acids is 1. The molecular weight excluding hydrogens is 320 g/mol. The Labute approximate surface area is 145 Å². The largest absolute Gasteiger partial charge is 0.491 e. The molecule has 128 valence electrons. The molecule has 25 heavy (non-hydrogen) atoms. The first-order chi connectivity index (χ1) is 12.3. The molecule has 1 amide bonds. The van der Waals surface area contributed by atoms with Gasteiger partial charge in [0.2, 0.25) is 5.89 Å². The topological polar surface area (TPSA) is 84.6 Å². The molecule has 6 heteroatoms. The van der Waals surface area contributed by atoms with Gasteiger partial charge in [0.15, 0.2) is 5.69 Å². The predicted octanol–water partition coefficient (Wildman–Crippen LogP) is 2.64. The number of carbonyl (C=O) groups is 1. The first-order valence-corrected chi connectivity index (χ1v) is 7.88. The smallest absolute Gasteiger partial charge is 0.273 e. The minimum absolute atomic E-state index is 0.0676. The molecule has 0 unspecified atom stereocenters. The summed E-state index contributed by atoms with van der Waals surface area (Å²) < 4.78 is 10.8. The van der Waals surface area contributed by atoms with Crippen LogP contribution in [0.4, 0.5) is 0 Å². The van der Waals surface area contributed by atoms with Crippen molar-refractivity contribution in [1.82, 2.24) is 10.3 Å². The van der Waals surface area contributed by atoms with Crippen LogP contribution in [-0.4, -0.2) is 29.2 Å². The lowest BCUT2D eigenvalue weighted by molar-refractivity contribution is 0.0945. The molecule has 3 rings (SSSR count). The Kier molecular flexibility index (Phi) is 5.43. The third-order valence-corrected chi connectivity index (χ3v) is 3.52. The van der Waals surface area contributed by atoms with Crippen LogP contribution in [0.25, 0.3) is 11.5 Å². The average Bonchev–Trinajstić information content (AvgIpc) is 3.16.